The summed E-state index contributed by atoms with van der Waals surface area (Å²) >= 11 is 0. The molecule has 1 aliphatic heterocycles. The van der Waals surface area contributed by atoms with Gasteiger partial charge in [0.15, 0.2) is 0 Å². The normalized spacial score (nSPS) is 13.9. The predicted octanol–water partition coefficient (Wildman–Crippen LogP) is 4.57. The number of anilines is 1. The molecule has 5 rings (SSSR count). The van der Waals surface area contributed by atoms with E-state index >= 15 is 0 Å². The van der Waals surface area contributed by atoms with Crippen LogP contribution < -0.4 is 4.90 Å². The molecule has 0 radical (unpaired) electrons. The van der Waals surface area contributed by atoms with Crippen LogP contribution in [0.3, 0.4) is 0 Å². The third-order valence-electron chi connectivity index (χ3n) is 5.16. The highest BCUT2D eigenvalue weighted by molar-refractivity contribution is 5.62. The third-order valence-corrected chi connectivity index (χ3v) is 5.16. The summed E-state index contributed by atoms with van der Waals surface area (Å²) in [4.78, 5) is 15.5. The Balaban J connectivity index is 1.34. The number of hydrogen-bond acceptors (Lipinski definition) is 6. The Kier molecular flexibility index (Phi) is 5.04. The first-order valence-electron chi connectivity index (χ1n) is 10.0. The predicted molar refractivity (Wildman–Crippen MR) is 116 cm³/mol. The summed E-state index contributed by atoms with van der Waals surface area (Å²) in [5, 5.41) is 4.06. The van der Waals surface area contributed by atoms with Crippen molar-refractivity contribution in [3.63, 3.8) is 0 Å². The molecule has 3 aromatic heterocycles. The van der Waals surface area contributed by atoms with Crippen LogP contribution in [0, 0.1) is 0 Å². The number of pyridine rings is 2. The van der Waals surface area contributed by atoms with Crippen LogP contribution in [0.25, 0.3) is 23.0 Å². The van der Waals surface area contributed by atoms with Crippen molar-refractivity contribution >= 4 is 5.69 Å². The number of hydrogen-bond donors (Lipinski definition) is 0. The minimum atomic E-state index is 0.446. The monoisotopic (exact) mass is 395 g/mol. The SMILES string of the molecule is C1=C(Cc2ccccc2)CN(c2cncc(-c3nc(-c4ccccn4)no3)c2)CC1. The van der Waals surface area contributed by atoms with Crippen LogP contribution in [-0.2, 0) is 6.42 Å². The Hall–Kier alpha value is -3.80. The quantitative estimate of drug-likeness (QED) is 0.461. The standard InChI is InChI=1S/C24H21N5O/c1-2-7-18(8-3-1)13-19-9-6-12-29(17-19)21-14-20(15-25-16-21)24-27-23(28-30-24)22-10-4-5-11-26-22/h1-5,7-11,14-16H,6,12-13,17H2. The minimum Gasteiger partial charge on any atom is -0.366 e. The summed E-state index contributed by atoms with van der Waals surface area (Å²) in [5.74, 6) is 0.920. The van der Waals surface area contributed by atoms with E-state index in [1.165, 1.54) is 11.1 Å². The molecule has 30 heavy (non-hydrogen) atoms. The lowest BCUT2D eigenvalue weighted by Gasteiger charge is -2.29. The van der Waals surface area contributed by atoms with Crippen molar-refractivity contribution in [2.45, 2.75) is 12.8 Å². The van der Waals surface area contributed by atoms with E-state index in [2.05, 4.69) is 67.5 Å². The van der Waals surface area contributed by atoms with Gasteiger partial charge < -0.3 is 9.42 Å². The average Bonchev–Trinajstić information content (AvgIpc) is 3.31. The summed E-state index contributed by atoms with van der Waals surface area (Å²) in [7, 11) is 0. The van der Waals surface area contributed by atoms with Gasteiger partial charge in [-0.15, -0.1) is 0 Å². The van der Waals surface area contributed by atoms with Gasteiger partial charge in [-0.3, -0.25) is 9.97 Å². The lowest BCUT2D eigenvalue weighted by atomic mass is 10.0. The van der Waals surface area contributed by atoms with Gasteiger partial charge in [-0.1, -0.05) is 53.2 Å². The molecular formula is C24H21N5O. The number of nitrogens with zero attached hydrogens (tertiary/aromatic N) is 5. The second-order valence-corrected chi connectivity index (χ2v) is 7.30. The molecule has 0 saturated carbocycles. The molecule has 6 heteroatoms. The van der Waals surface area contributed by atoms with E-state index < -0.39 is 0 Å². The van der Waals surface area contributed by atoms with Gasteiger partial charge in [0, 0.05) is 25.5 Å². The van der Waals surface area contributed by atoms with E-state index in [1.54, 1.807) is 12.4 Å². The molecule has 1 aromatic carbocycles. The molecule has 0 atom stereocenters. The van der Waals surface area contributed by atoms with Crippen molar-refractivity contribution in [3.05, 3.63) is 90.4 Å². The maximum atomic E-state index is 5.48. The van der Waals surface area contributed by atoms with E-state index in [1.807, 2.05) is 24.4 Å². The molecule has 4 aromatic rings. The Bertz CT molecular complexity index is 1150. The fourth-order valence-electron chi connectivity index (χ4n) is 3.68. The lowest BCUT2D eigenvalue weighted by molar-refractivity contribution is 0.432. The van der Waals surface area contributed by atoms with E-state index in [-0.39, 0.29) is 0 Å². The van der Waals surface area contributed by atoms with Crippen LogP contribution >= 0.6 is 0 Å². The minimum absolute atomic E-state index is 0.446. The zero-order chi connectivity index (χ0) is 20.2. The van der Waals surface area contributed by atoms with E-state index in [0.29, 0.717) is 17.4 Å². The highest BCUT2D eigenvalue weighted by Crippen LogP contribution is 2.26. The molecule has 0 amide bonds. The number of benzene rings is 1. The van der Waals surface area contributed by atoms with Crippen molar-refractivity contribution in [1.29, 1.82) is 0 Å². The van der Waals surface area contributed by atoms with Gasteiger partial charge in [-0.2, -0.15) is 4.98 Å². The molecule has 4 heterocycles. The van der Waals surface area contributed by atoms with E-state index in [0.717, 1.165) is 37.2 Å². The maximum Gasteiger partial charge on any atom is 0.259 e. The van der Waals surface area contributed by atoms with Crippen LogP contribution in [0.5, 0.6) is 0 Å². The van der Waals surface area contributed by atoms with Crippen molar-refractivity contribution < 1.29 is 4.52 Å². The summed E-state index contributed by atoms with van der Waals surface area (Å²) in [6.45, 7) is 1.86. The fraction of sp³-hybridized carbons (Fsp3) is 0.167. The van der Waals surface area contributed by atoms with Crippen molar-refractivity contribution in [3.8, 4) is 23.0 Å². The second-order valence-electron chi connectivity index (χ2n) is 7.30. The Morgan fingerprint density at radius 1 is 1.00 bits per heavy atom. The molecule has 0 saturated heterocycles. The van der Waals surface area contributed by atoms with Crippen LogP contribution in [0.1, 0.15) is 12.0 Å². The first-order valence-corrected chi connectivity index (χ1v) is 10.0. The molecule has 0 bridgehead atoms. The molecule has 1 aliphatic rings. The Morgan fingerprint density at radius 2 is 1.90 bits per heavy atom. The van der Waals surface area contributed by atoms with Gasteiger partial charge in [0.2, 0.25) is 5.82 Å². The zero-order valence-electron chi connectivity index (χ0n) is 16.5. The fourth-order valence-corrected chi connectivity index (χ4v) is 3.68. The third kappa shape index (κ3) is 3.98. The molecule has 0 N–H and O–H groups in total. The zero-order valence-corrected chi connectivity index (χ0v) is 16.5. The Morgan fingerprint density at radius 3 is 2.77 bits per heavy atom. The Labute approximate surface area is 174 Å². The van der Waals surface area contributed by atoms with Crippen LogP contribution in [0.15, 0.2) is 89.4 Å². The summed E-state index contributed by atoms with van der Waals surface area (Å²) in [5.41, 5.74) is 5.31. The van der Waals surface area contributed by atoms with Crippen molar-refractivity contribution in [2.75, 3.05) is 18.0 Å². The van der Waals surface area contributed by atoms with Gasteiger partial charge in [0.05, 0.1) is 17.4 Å². The first-order chi connectivity index (χ1) is 14.8. The summed E-state index contributed by atoms with van der Waals surface area (Å²) < 4.78 is 5.48. The molecule has 0 aliphatic carbocycles. The highest BCUT2D eigenvalue weighted by Gasteiger charge is 2.17. The lowest BCUT2D eigenvalue weighted by Crippen LogP contribution is -2.30. The second kappa shape index (κ2) is 8.29. The average molecular weight is 395 g/mol. The first kappa shape index (κ1) is 18.2. The number of aromatic nitrogens is 4. The van der Waals surface area contributed by atoms with Crippen LogP contribution in [0.4, 0.5) is 5.69 Å². The van der Waals surface area contributed by atoms with Crippen LogP contribution in [0.2, 0.25) is 0 Å². The van der Waals surface area contributed by atoms with Gasteiger partial charge >= 0.3 is 0 Å². The molecular weight excluding hydrogens is 374 g/mol. The van der Waals surface area contributed by atoms with E-state index in [9.17, 15) is 0 Å². The molecule has 0 spiro atoms. The summed E-state index contributed by atoms with van der Waals surface area (Å²) in [6.07, 6.45) is 9.72. The van der Waals surface area contributed by atoms with E-state index in [4.69, 9.17) is 4.52 Å². The molecule has 0 fully saturated rings. The van der Waals surface area contributed by atoms with Gasteiger partial charge in [0.25, 0.3) is 5.89 Å². The molecule has 148 valence electrons. The molecule has 6 nitrogen and oxygen atoms in total. The van der Waals surface area contributed by atoms with Crippen LogP contribution in [-0.4, -0.2) is 33.2 Å². The van der Waals surface area contributed by atoms with Gasteiger partial charge in [0.1, 0.15) is 5.69 Å². The van der Waals surface area contributed by atoms with Crippen molar-refractivity contribution in [2.24, 2.45) is 0 Å². The maximum absolute atomic E-state index is 5.48. The number of rotatable bonds is 5. The smallest absolute Gasteiger partial charge is 0.259 e. The topological polar surface area (TPSA) is 67.9 Å². The summed E-state index contributed by atoms with van der Waals surface area (Å²) in [6, 6.07) is 18.3. The molecule has 0 unspecified atom stereocenters. The van der Waals surface area contributed by atoms with Crippen molar-refractivity contribution in [1.82, 2.24) is 20.1 Å². The van der Waals surface area contributed by atoms with Gasteiger partial charge in [-0.05, 0) is 36.6 Å². The largest absolute Gasteiger partial charge is 0.366 e. The van der Waals surface area contributed by atoms with Gasteiger partial charge in [-0.25, -0.2) is 0 Å². The highest BCUT2D eigenvalue weighted by atomic mass is 16.5.